The van der Waals surface area contributed by atoms with Gasteiger partial charge in [0.05, 0.1) is 6.04 Å². The fraction of sp³-hybridized carbons (Fsp3) is 0.500. The van der Waals surface area contributed by atoms with Gasteiger partial charge in [0, 0.05) is 0 Å². The maximum Gasteiger partial charge on any atom is 0.282 e. The molecule has 0 unspecified atom stereocenters. The number of benzene rings is 1. The van der Waals surface area contributed by atoms with Crippen molar-refractivity contribution in [3.63, 3.8) is 0 Å². The highest BCUT2D eigenvalue weighted by Crippen LogP contribution is 2.52. The van der Waals surface area contributed by atoms with Gasteiger partial charge in [0.1, 0.15) is 6.61 Å². The largest absolute Gasteiger partial charge is 0.463 e. The third-order valence-electron chi connectivity index (χ3n) is 3.93. The Kier molecular flexibility index (Phi) is 2.54. The van der Waals surface area contributed by atoms with E-state index < -0.39 is 0 Å². The van der Waals surface area contributed by atoms with Gasteiger partial charge >= 0.3 is 0 Å². The Morgan fingerprint density at radius 3 is 2.65 bits per heavy atom. The Balaban J connectivity index is 1.62. The number of nitrogens with zero attached hydrogens (tertiary/aromatic N) is 1. The minimum absolute atomic E-state index is 0.274. The van der Waals surface area contributed by atoms with Crippen molar-refractivity contribution in [2.75, 3.05) is 6.61 Å². The van der Waals surface area contributed by atoms with Crippen molar-refractivity contribution in [2.45, 2.75) is 37.1 Å². The van der Waals surface area contributed by atoms with Crippen LogP contribution in [0.25, 0.3) is 0 Å². The van der Waals surface area contributed by atoms with E-state index in [1.165, 1.54) is 24.8 Å². The molecule has 0 saturated heterocycles. The van der Waals surface area contributed by atoms with Gasteiger partial charge in [-0.2, -0.15) is 0 Å². The number of ether oxygens (including phenoxy) is 1. The number of nitrogens with two attached hydrogens (primary N) is 1. The van der Waals surface area contributed by atoms with E-state index in [2.05, 4.69) is 35.3 Å². The second-order valence-corrected chi connectivity index (χ2v) is 5.12. The smallest absolute Gasteiger partial charge is 0.282 e. The zero-order chi connectivity index (χ0) is 11.7. The summed E-state index contributed by atoms with van der Waals surface area (Å²) in [6.45, 7) is 0.663. The second-order valence-electron chi connectivity index (χ2n) is 5.12. The van der Waals surface area contributed by atoms with E-state index in [0.717, 1.165) is 6.42 Å². The molecule has 1 aliphatic heterocycles. The first-order chi connectivity index (χ1) is 8.28. The first-order valence-corrected chi connectivity index (χ1v) is 6.30. The number of aliphatic imine (C=N–C) groups is 1. The highest BCUT2D eigenvalue weighted by molar-refractivity contribution is 5.73. The van der Waals surface area contributed by atoms with Gasteiger partial charge in [-0.25, -0.2) is 4.99 Å². The Bertz CT molecular complexity index is 423. The third kappa shape index (κ3) is 2.14. The van der Waals surface area contributed by atoms with Gasteiger partial charge in [0.15, 0.2) is 0 Å². The summed E-state index contributed by atoms with van der Waals surface area (Å²) < 4.78 is 5.18. The summed E-state index contributed by atoms with van der Waals surface area (Å²) in [5.41, 5.74) is 7.43. The number of hydrogen-bond acceptors (Lipinski definition) is 3. The standard InChI is InChI=1S/C14H18N2O/c15-13-16-12(10-17-13)6-7-14(8-9-14)11-4-2-1-3-5-11/h1-5,12H,6-10H2,(H2,15,16)/t12-/m0/s1. The van der Waals surface area contributed by atoms with Gasteiger partial charge in [-0.15, -0.1) is 0 Å². The molecule has 1 aromatic rings. The van der Waals surface area contributed by atoms with E-state index in [1.54, 1.807) is 0 Å². The Morgan fingerprint density at radius 2 is 2.06 bits per heavy atom. The van der Waals surface area contributed by atoms with E-state index in [0.29, 0.717) is 18.0 Å². The van der Waals surface area contributed by atoms with Crippen molar-refractivity contribution in [1.82, 2.24) is 0 Å². The lowest BCUT2D eigenvalue weighted by Crippen LogP contribution is -2.13. The van der Waals surface area contributed by atoms with Gasteiger partial charge in [-0.1, -0.05) is 30.3 Å². The molecule has 0 spiro atoms. The van der Waals surface area contributed by atoms with Gasteiger partial charge in [0.25, 0.3) is 6.02 Å². The summed E-state index contributed by atoms with van der Waals surface area (Å²) >= 11 is 0. The first kappa shape index (κ1) is 10.6. The minimum atomic E-state index is 0.274. The predicted octanol–water partition coefficient (Wildman–Crippen LogP) is 2.21. The Morgan fingerprint density at radius 1 is 1.29 bits per heavy atom. The van der Waals surface area contributed by atoms with Crippen LogP contribution in [0, 0.1) is 0 Å². The average molecular weight is 230 g/mol. The summed E-state index contributed by atoms with van der Waals surface area (Å²) in [6, 6.07) is 11.5. The lowest BCUT2D eigenvalue weighted by atomic mass is 9.89. The average Bonchev–Trinajstić information content (AvgIpc) is 3.05. The van der Waals surface area contributed by atoms with Crippen molar-refractivity contribution in [3.05, 3.63) is 35.9 Å². The molecule has 90 valence electrons. The maximum atomic E-state index is 5.52. The third-order valence-corrected chi connectivity index (χ3v) is 3.93. The van der Waals surface area contributed by atoms with Gasteiger partial charge in [-0.3, -0.25) is 0 Å². The van der Waals surface area contributed by atoms with Crippen LogP contribution in [-0.4, -0.2) is 18.7 Å². The number of amidine groups is 1. The molecule has 0 radical (unpaired) electrons. The monoisotopic (exact) mass is 230 g/mol. The SMILES string of the molecule is NC1=N[C@@H](CCC2(c3ccccc3)CC2)CO1. The molecule has 1 atom stereocenters. The van der Waals surface area contributed by atoms with Crippen LogP contribution in [0.1, 0.15) is 31.2 Å². The van der Waals surface area contributed by atoms with Crippen LogP contribution >= 0.6 is 0 Å². The molecule has 1 aliphatic carbocycles. The topological polar surface area (TPSA) is 47.6 Å². The predicted molar refractivity (Wildman–Crippen MR) is 68.0 cm³/mol. The molecular weight excluding hydrogens is 212 g/mol. The van der Waals surface area contributed by atoms with Gasteiger partial charge in [0.2, 0.25) is 0 Å². The van der Waals surface area contributed by atoms with Crippen LogP contribution in [0.2, 0.25) is 0 Å². The molecule has 17 heavy (non-hydrogen) atoms. The summed E-state index contributed by atoms with van der Waals surface area (Å²) in [4.78, 5) is 4.29. The van der Waals surface area contributed by atoms with E-state index >= 15 is 0 Å². The molecule has 3 rings (SSSR count). The summed E-state index contributed by atoms with van der Waals surface area (Å²) in [5.74, 6) is 0. The molecule has 0 bridgehead atoms. The normalized spacial score (nSPS) is 25.2. The van der Waals surface area contributed by atoms with E-state index in [1.807, 2.05) is 0 Å². The second kappa shape index (κ2) is 4.06. The van der Waals surface area contributed by atoms with Crippen LogP contribution in [0.3, 0.4) is 0 Å². The van der Waals surface area contributed by atoms with Crippen molar-refractivity contribution in [2.24, 2.45) is 10.7 Å². The molecule has 2 aliphatic rings. The highest BCUT2D eigenvalue weighted by atomic mass is 16.5. The lowest BCUT2D eigenvalue weighted by molar-refractivity contribution is 0.302. The van der Waals surface area contributed by atoms with Crippen LogP contribution in [0.5, 0.6) is 0 Å². The molecule has 3 nitrogen and oxygen atoms in total. The highest BCUT2D eigenvalue weighted by Gasteiger charge is 2.43. The summed E-state index contributed by atoms with van der Waals surface area (Å²) in [5, 5.41) is 0. The lowest BCUT2D eigenvalue weighted by Gasteiger charge is -2.16. The molecule has 1 saturated carbocycles. The minimum Gasteiger partial charge on any atom is -0.463 e. The van der Waals surface area contributed by atoms with Crippen molar-refractivity contribution in [1.29, 1.82) is 0 Å². The molecule has 1 fully saturated rings. The van der Waals surface area contributed by atoms with Crippen LogP contribution in [0.4, 0.5) is 0 Å². The van der Waals surface area contributed by atoms with Crippen molar-refractivity contribution in [3.8, 4) is 0 Å². The van der Waals surface area contributed by atoms with Crippen LogP contribution in [0.15, 0.2) is 35.3 Å². The first-order valence-electron chi connectivity index (χ1n) is 6.30. The molecular formula is C14H18N2O. The van der Waals surface area contributed by atoms with E-state index in [4.69, 9.17) is 10.5 Å². The van der Waals surface area contributed by atoms with E-state index in [9.17, 15) is 0 Å². The van der Waals surface area contributed by atoms with Gasteiger partial charge < -0.3 is 10.5 Å². The quantitative estimate of drug-likeness (QED) is 0.862. The number of hydrogen-bond donors (Lipinski definition) is 1. The molecule has 0 amide bonds. The maximum absolute atomic E-state index is 5.52. The zero-order valence-corrected chi connectivity index (χ0v) is 9.93. The molecule has 1 heterocycles. The van der Waals surface area contributed by atoms with Crippen LogP contribution in [-0.2, 0) is 10.2 Å². The Hall–Kier alpha value is -1.51. The Labute approximate surface area is 102 Å². The fourth-order valence-electron chi connectivity index (χ4n) is 2.65. The zero-order valence-electron chi connectivity index (χ0n) is 9.93. The van der Waals surface area contributed by atoms with Crippen molar-refractivity contribution < 1.29 is 4.74 Å². The molecule has 0 aromatic heterocycles. The molecule has 2 N–H and O–H groups in total. The van der Waals surface area contributed by atoms with E-state index in [-0.39, 0.29) is 6.04 Å². The number of rotatable bonds is 4. The van der Waals surface area contributed by atoms with Crippen LogP contribution < -0.4 is 5.73 Å². The van der Waals surface area contributed by atoms with Crippen molar-refractivity contribution >= 4 is 6.02 Å². The molecule has 3 heteroatoms. The summed E-state index contributed by atoms with van der Waals surface area (Å²) in [6.07, 6.45) is 4.89. The van der Waals surface area contributed by atoms with Gasteiger partial charge in [-0.05, 0) is 36.7 Å². The summed E-state index contributed by atoms with van der Waals surface area (Å²) in [7, 11) is 0. The fourth-order valence-corrected chi connectivity index (χ4v) is 2.65. The molecule has 1 aromatic carbocycles.